The van der Waals surface area contributed by atoms with Gasteiger partial charge in [0.15, 0.2) is 0 Å². The summed E-state index contributed by atoms with van der Waals surface area (Å²) in [6.07, 6.45) is 6.05. The Labute approximate surface area is 186 Å². The molecular weight excluding hydrogens is 376 g/mol. The molecule has 31 heavy (non-hydrogen) atoms. The van der Waals surface area contributed by atoms with Gasteiger partial charge in [-0.3, -0.25) is 0 Å². The van der Waals surface area contributed by atoms with Crippen LogP contribution in [0, 0.1) is 27.7 Å². The normalized spacial score (nSPS) is 11.3. The zero-order chi connectivity index (χ0) is 21.8. The van der Waals surface area contributed by atoms with Gasteiger partial charge in [0, 0.05) is 24.4 Å². The highest BCUT2D eigenvalue weighted by Crippen LogP contribution is 2.32. The number of nitrogens with zero attached hydrogens (tertiary/aromatic N) is 2. The van der Waals surface area contributed by atoms with E-state index in [1.807, 2.05) is 12.5 Å². The highest BCUT2D eigenvalue weighted by atomic mass is 15.0. The number of imidazole rings is 1. The number of hydrogen-bond acceptors (Lipinski definition) is 1. The zero-order valence-electron chi connectivity index (χ0n) is 19.1. The minimum Gasteiger partial charge on any atom is -0.330 e. The Hall–Kier alpha value is -3.13. The summed E-state index contributed by atoms with van der Waals surface area (Å²) < 4.78 is 2.29. The first-order valence-corrected chi connectivity index (χ1v) is 11.2. The van der Waals surface area contributed by atoms with E-state index in [1.165, 1.54) is 44.6 Å². The predicted molar refractivity (Wildman–Crippen MR) is 130 cm³/mol. The number of aromatic nitrogens is 2. The largest absolute Gasteiger partial charge is 0.330 e. The van der Waals surface area contributed by atoms with Crippen molar-refractivity contribution in [2.75, 3.05) is 0 Å². The summed E-state index contributed by atoms with van der Waals surface area (Å²) in [6.45, 7) is 9.66. The van der Waals surface area contributed by atoms with Crippen LogP contribution in [0.2, 0.25) is 0 Å². The molecule has 0 atom stereocenters. The lowest BCUT2D eigenvalue weighted by molar-refractivity contribution is 0.661. The Kier molecular flexibility index (Phi) is 6.36. The zero-order valence-corrected chi connectivity index (χ0v) is 19.1. The minimum absolute atomic E-state index is 0.372. The third-order valence-electron chi connectivity index (χ3n) is 5.98. The molecule has 0 spiro atoms. The second kappa shape index (κ2) is 9.34. The molecule has 0 saturated carbocycles. The van der Waals surface area contributed by atoms with Crippen molar-refractivity contribution in [2.45, 2.75) is 53.0 Å². The van der Waals surface area contributed by atoms with Crippen molar-refractivity contribution >= 4 is 0 Å². The summed E-state index contributed by atoms with van der Waals surface area (Å²) in [6, 6.07) is 24.6. The van der Waals surface area contributed by atoms with Crippen molar-refractivity contribution in [3.63, 3.8) is 0 Å². The average Bonchev–Trinajstić information content (AvgIpc) is 3.14. The van der Waals surface area contributed by atoms with Crippen LogP contribution >= 0.6 is 0 Å². The molecule has 0 fully saturated rings. The summed E-state index contributed by atoms with van der Waals surface area (Å²) in [4.78, 5) is 4.46. The Morgan fingerprint density at radius 1 is 0.742 bits per heavy atom. The smallest absolute Gasteiger partial charge is 0.0951 e. The van der Waals surface area contributed by atoms with Gasteiger partial charge in [0.1, 0.15) is 0 Å². The second-order valence-electron chi connectivity index (χ2n) is 8.93. The first-order valence-electron chi connectivity index (χ1n) is 11.2. The Morgan fingerprint density at radius 2 is 1.29 bits per heavy atom. The molecule has 0 aliphatic rings. The number of rotatable bonds is 7. The first-order chi connectivity index (χ1) is 15.0. The SMILES string of the molecule is Cc1cc(C)cc(C(CCc2cncn2Cc2ccccc2)c2cc(C)cc(C)c2)c1. The maximum atomic E-state index is 4.46. The van der Waals surface area contributed by atoms with E-state index in [9.17, 15) is 0 Å². The first kappa shape index (κ1) is 21.1. The molecule has 0 aliphatic carbocycles. The molecule has 1 heterocycles. The van der Waals surface area contributed by atoms with Gasteiger partial charge in [0.2, 0.25) is 0 Å². The maximum absolute atomic E-state index is 4.46. The van der Waals surface area contributed by atoms with Gasteiger partial charge in [-0.2, -0.15) is 0 Å². The van der Waals surface area contributed by atoms with E-state index in [0.717, 1.165) is 19.4 Å². The van der Waals surface area contributed by atoms with Gasteiger partial charge < -0.3 is 4.57 Å². The number of aryl methyl sites for hydroxylation is 5. The fraction of sp³-hybridized carbons (Fsp3) is 0.276. The van der Waals surface area contributed by atoms with Crippen LogP contribution in [0.4, 0.5) is 0 Å². The third-order valence-corrected chi connectivity index (χ3v) is 5.98. The van der Waals surface area contributed by atoms with Crippen molar-refractivity contribution in [1.82, 2.24) is 9.55 Å². The average molecular weight is 409 g/mol. The van der Waals surface area contributed by atoms with E-state index in [4.69, 9.17) is 0 Å². The highest BCUT2D eigenvalue weighted by Gasteiger charge is 2.17. The molecule has 3 aromatic carbocycles. The van der Waals surface area contributed by atoms with Gasteiger partial charge in [-0.1, -0.05) is 89.0 Å². The lowest BCUT2D eigenvalue weighted by atomic mass is 9.84. The van der Waals surface area contributed by atoms with Gasteiger partial charge in [0.05, 0.1) is 6.33 Å². The van der Waals surface area contributed by atoms with E-state index < -0.39 is 0 Å². The van der Waals surface area contributed by atoms with Crippen molar-refractivity contribution in [3.8, 4) is 0 Å². The van der Waals surface area contributed by atoms with Gasteiger partial charge in [-0.05, 0) is 57.2 Å². The molecule has 1 aromatic heterocycles. The van der Waals surface area contributed by atoms with Crippen LogP contribution in [-0.2, 0) is 13.0 Å². The predicted octanol–water partition coefficient (Wildman–Crippen LogP) is 6.93. The summed E-state index contributed by atoms with van der Waals surface area (Å²) in [5.41, 5.74) is 10.8. The summed E-state index contributed by atoms with van der Waals surface area (Å²) in [5.74, 6) is 0.372. The highest BCUT2D eigenvalue weighted by molar-refractivity contribution is 5.40. The Balaban J connectivity index is 1.62. The number of benzene rings is 3. The van der Waals surface area contributed by atoms with Gasteiger partial charge in [0.25, 0.3) is 0 Å². The van der Waals surface area contributed by atoms with Crippen LogP contribution < -0.4 is 0 Å². The van der Waals surface area contributed by atoms with Gasteiger partial charge in [-0.15, -0.1) is 0 Å². The third kappa shape index (κ3) is 5.32. The van der Waals surface area contributed by atoms with Crippen molar-refractivity contribution in [1.29, 1.82) is 0 Å². The monoisotopic (exact) mass is 408 g/mol. The topological polar surface area (TPSA) is 17.8 Å². The van der Waals surface area contributed by atoms with Crippen LogP contribution in [0.5, 0.6) is 0 Å². The maximum Gasteiger partial charge on any atom is 0.0951 e. The molecule has 4 aromatic rings. The molecule has 0 radical (unpaired) electrons. The molecule has 0 aliphatic heterocycles. The molecular formula is C29H32N2. The molecule has 0 N–H and O–H groups in total. The van der Waals surface area contributed by atoms with E-state index >= 15 is 0 Å². The van der Waals surface area contributed by atoms with E-state index in [2.05, 4.69) is 104 Å². The Morgan fingerprint density at radius 3 is 1.84 bits per heavy atom. The lowest BCUT2D eigenvalue weighted by Gasteiger charge is -2.21. The van der Waals surface area contributed by atoms with Gasteiger partial charge in [-0.25, -0.2) is 4.98 Å². The van der Waals surface area contributed by atoms with Crippen molar-refractivity contribution in [3.05, 3.63) is 124 Å². The summed E-state index contributed by atoms with van der Waals surface area (Å²) >= 11 is 0. The van der Waals surface area contributed by atoms with E-state index in [0.29, 0.717) is 5.92 Å². The van der Waals surface area contributed by atoms with E-state index in [-0.39, 0.29) is 0 Å². The summed E-state index contributed by atoms with van der Waals surface area (Å²) in [7, 11) is 0. The minimum atomic E-state index is 0.372. The van der Waals surface area contributed by atoms with Crippen LogP contribution in [0.1, 0.15) is 57.0 Å². The van der Waals surface area contributed by atoms with Crippen LogP contribution in [0.15, 0.2) is 79.3 Å². The van der Waals surface area contributed by atoms with E-state index in [1.54, 1.807) is 0 Å². The lowest BCUT2D eigenvalue weighted by Crippen LogP contribution is -2.08. The molecule has 2 heteroatoms. The summed E-state index contributed by atoms with van der Waals surface area (Å²) in [5, 5.41) is 0. The molecule has 2 nitrogen and oxygen atoms in total. The fourth-order valence-corrected chi connectivity index (χ4v) is 4.72. The van der Waals surface area contributed by atoms with Crippen LogP contribution in [-0.4, -0.2) is 9.55 Å². The van der Waals surface area contributed by atoms with Crippen molar-refractivity contribution in [2.24, 2.45) is 0 Å². The molecule has 0 saturated heterocycles. The van der Waals surface area contributed by atoms with Crippen LogP contribution in [0.3, 0.4) is 0 Å². The van der Waals surface area contributed by atoms with Crippen LogP contribution in [0.25, 0.3) is 0 Å². The standard InChI is InChI=1S/C29H32N2/c1-21-12-22(2)15-26(14-21)29(27-16-23(3)13-24(4)17-27)11-10-28-18-30-20-31(28)19-25-8-6-5-7-9-25/h5-9,12-18,20,29H,10-11,19H2,1-4H3. The van der Waals surface area contributed by atoms with Gasteiger partial charge >= 0.3 is 0 Å². The molecule has 0 bridgehead atoms. The molecule has 4 rings (SSSR count). The number of hydrogen-bond donors (Lipinski definition) is 0. The van der Waals surface area contributed by atoms with Crippen molar-refractivity contribution < 1.29 is 0 Å². The quantitative estimate of drug-likeness (QED) is 0.324. The Bertz CT molecular complexity index is 1060. The molecule has 0 amide bonds. The molecule has 158 valence electrons. The molecule has 0 unspecified atom stereocenters. The second-order valence-corrected chi connectivity index (χ2v) is 8.93. The fourth-order valence-electron chi connectivity index (χ4n) is 4.72.